The van der Waals surface area contributed by atoms with E-state index in [4.69, 9.17) is 0 Å². The van der Waals surface area contributed by atoms with E-state index in [1.807, 2.05) is 36.4 Å². The van der Waals surface area contributed by atoms with Crippen LogP contribution in [0.3, 0.4) is 0 Å². The molecule has 0 saturated heterocycles. The molecule has 0 bridgehead atoms. The zero-order chi connectivity index (χ0) is 16.7. The molecule has 0 aliphatic heterocycles. The van der Waals surface area contributed by atoms with E-state index in [2.05, 4.69) is 5.32 Å². The molecule has 0 aromatic heterocycles. The molecule has 4 heteroatoms. The topological polar surface area (TPSA) is 66.4 Å². The maximum Gasteiger partial charge on any atom is 0.315 e. The maximum atomic E-state index is 12.0. The lowest BCUT2D eigenvalue weighted by Crippen LogP contribution is -2.44. The maximum absolute atomic E-state index is 12.0. The lowest BCUT2D eigenvalue weighted by atomic mass is 9.82. The second kappa shape index (κ2) is 7.58. The van der Waals surface area contributed by atoms with Gasteiger partial charge in [-0.3, -0.25) is 9.59 Å². The molecule has 0 heterocycles. The fourth-order valence-electron chi connectivity index (χ4n) is 2.37. The first-order valence-corrected chi connectivity index (χ1v) is 7.62. The van der Waals surface area contributed by atoms with Gasteiger partial charge in [-0.1, -0.05) is 60.7 Å². The van der Waals surface area contributed by atoms with Gasteiger partial charge in [0.15, 0.2) is 0 Å². The lowest BCUT2D eigenvalue weighted by Gasteiger charge is -2.25. The van der Waals surface area contributed by atoms with Gasteiger partial charge in [-0.05, 0) is 24.5 Å². The summed E-state index contributed by atoms with van der Waals surface area (Å²) in [6.45, 7) is 1.70. The molecular formula is C19H21NO3. The van der Waals surface area contributed by atoms with Gasteiger partial charge in [0, 0.05) is 13.0 Å². The predicted molar refractivity (Wildman–Crippen MR) is 89.2 cm³/mol. The van der Waals surface area contributed by atoms with E-state index < -0.39 is 11.4 Å². The molecule has 4 nitrogen and oxygen atoms in total. The number of carboxylic acids is 1. The summed E-state index contributed by atoms with van der Waals surface area (Å²) < 4.78 is 0. The Kier molecular flexibility index (Phi) is 5.52. The van der Waals surface area contributed by atoms with Gasteiger partial charge in [-0.15, -0.1) is 0 Å². The first-order chi connectivity index (χ1) is 11.0. The van der Waals surface area contributed by atoms with Crippen molar-refractivity contribution in [1.29, 1.82) is 0 Å². The number of hydrogen-bond donors (Lipinski definition) is 2. The van der Waals surface area contributed by atoms with Crippen LogP contribution in [0.25, 0.3) is 0 Å². The zero-order valence-corrected chi connectivity index (χ0v) is 13.2. The summed E-state index contributed by atoms with van der Waals surface area (Å²) in [6.07, 6.45) is 0.982. The summed E-state index contributed by atoms with van der Waals surface area (Å²) in [5.74, 6) is -1.09. The van der Waals surface area contributed by atoms with Gasteiger partial charge >= 0.3 is 5.97 Å². The summed E-state index contributed by atoms with van der Waals surface area (Å²) in [6, 6.07) is 18.7. The van der Waals surface area contributed by atoms with Crippen LogP contribution in [0.5, 0.6) is 0 Å². The highest BCUT2D eigenvalue weighted by molar-refractivity contribution is 5.83. The van der Waals surface area contributed by atoms with Gasteiger partial charge in [0.25, 0.3) is 0 Å². The van der Waals surface area contributed by atoms with Crippen LogP contribution in [-0.2, 0) is 21.4 Å². The Bertz CT molecular complexity index is 655. The fourth-order valence-corrected chi connectivity index (χ4v) is 2.37. The Balaban J connectivity index is 1.94. The van der Waals surface area contributed by atoms with Crippen molar-refractivity contribution in [3.8, 4) is 0 Å². The molecular weight excluding hydrogens is 290 g/mol. The van der Waals surface area contributed by atoms with E-state index in [1.54, 1.807) is 31.2 Å². The van der Waals surface area contributed by atoms with Gasteiger partial charge in [-0.2, -0.15) is 0 Å². The highest BCUT2D eigenvalue weighted by Crippen LogP contribution is 2.23. The lowest BCUT2D eigenvalue weighted by molar-refractivity contribution is -0.143. The van der Waals surface area contributed by atoms with Crippen LogP contribution in [0.1, 0.15) is 24.5 Å². The molecule has 2 N–H and O–H groups in total. The van der Waals surface area contributed by atoms with E-state index >= 15 is 0 Å². The second-order valence-corrected chi connectivity index (χ2v) is 5.77. The largest absolute Gasteiger partial charge is 0.481 e. The molecule has 0 aliphatic rings. The minimum Gasteiger partial charge on any atom is -0.481 e. The van der Waals surface area contributed by atoms with Gasteiger partial charge in [0.05, 0.1) is 0 Å². The number of carbonyl (C=O) groups is 2. The summed E-state index contributed by atoms with van der Waals surface area (Å²) in [4.78, 5) is 23.7. The Labute approximate surface area is 136 Å². The highest BCUT2D eigenvalue weighted by atomic mass is 16.4. The first-order valence-electron chi connectivity index (χ1n) is 7.62. The van der Waals surface area contributed by atoms with Crippen molar-refractivity contribution in [2.75, 3.05) is 6.54 Å². The van der Waals surface area contributed by atoms with Crippen LogP contribution >= 0.6 is 0 Å². The number of hydrogen-bond acceptors (Lipinski definition) is 2. The van der Waals surface area contributed by atoms with Gasteiger partial charge in [-0.25, -0.2) is 0 Å². The molecule has 0 fully saturated rings. The number of benzene rings is 2. The van der Waals surface area contributed by atoms with Crippen LogP contribution in [0.15, 0.2) is 60.7 Å². The molecule has 0 spiro atoms. The van der Waals surface area contributed by atoms with Crippen LogP contribution in [0.2, 0.25) is 0 Å². The minimum absolute atomic E-state index is 0.0694. The Morgan fingerprint density at radius 3 is 2.13 bits per heavy atom. The molecule has 0 aliphatic carbocycles. The molecule has 0 saturated carbocycles. The van der Waals surface area contributed by atoms with Crippen molar-refractivity contribution < 1.29 is 14.7 Å². The second-order valence-electron chi connectivity index (χ2n) is 5.77. The molecule has 2 rings (SSSR count). The number of carbonyl (C=O) groups excluding carboxylic acids is 1. The summed E-state index contributed by atoms with van der Waals surface area (Å²) in [5.41, 5.74) is 0.631. The molecule has 120 valence electrons. The fraction of sp³-hybridized carbons (Fsp3) is 0.263. The zero-order valence-electron chi connectivity index (χ0n) is 13.2. The molecule has 1 unspecified atom stereocenters. The Hall–Kier alpha value is -2.62. The molecule has 23 heavy (non-hydrogen) atoms. The number of amides is 1. The number of aryl methyl sites for hydroxylation is 1. The third-order valence-corrected chi connectivity index (χ3v) is 4.01. The minimum atomic E-state index is -1.14. The smallest absolute Gasteiger partial charge is 0.315 e. The van der Waals surface area contributed by atoms with Crippen molar-refractivity contribution in [3.05, 3.63) is 71.8 Å². The SMILES string of the molecule is CC(CNC(=O)CCc1ccccc1)(C(=O)O)c1ccccc1. The third-order valence-electron chi connectivity index (χ3n) is 4.01. The summed E-state index contributed by atoms with van der Waals surface area (Å²) >= 11 is 0. The van der Waals surface area contributed by atoms with Crippen molar-refractivity contribution >= 4 is 11.9 Å². The van der Waals surface area contributed by atoms with Crippen molar-refractivity contribution in [2.45, 2.75) is 25.2 Å². The van der Waals surface area contributed by atoms with E-state index in [1.165, 1.54) is 0 Å². The number of rotatable bonds is 7. The van der Waals surface area contributed by atoms with Gasteiger partial charge < -0.3 is 10.4 Å². The summed E-state index contributed by atoms with van der Waals surface area (Å²) in [7, 11) is 0. The van der Waals surface area contributed by atoms with Crippen molar-refractivity contribution in [2.24, 2.45) is 0 Å². The normalized spacial score (nSPS) is 13.1. The van der Waals surface area contributed by atoms with E-state index in [9.17, 15) is 14.7 Å². The standard InChI is InChI=1S/C19H21NO3/c1-19(18(22)23,16-10-6-3-7-11-16)14-20-17(21)13-12-15-8-4-2-5-9-15/h2-11H,12-14H2,1H3,(H,20,21)(H,22,23). The van der Waals surface area contributed by atoms with Crippen molar-refractivity contribution in [3.63, 3.8) is 0 Å². The number of carboxylic acid groups (broad SMARTS) is 1. The average Bonchev–Trinajstić information content (AvgIpc) is 2.59. The highest BCUT2D eigenvalue weighted by Gasteiger charge is 2.35. The third kappa shape index (κ3) is 4.42. The monoisotopic (exact) mass is 311 g/mol. The number of aliphatic carboxylic acids is 1. The quantitative estimate of drug-likeness (QED) is 0.826. The predicted octanol–water partition coefficient (Wildman–Crippen LogP) is 2.78. The molecule has 1 amide bonds. The number of nitrogens with one attached hydrogen (secondary N) is 1. The van der Waals surface area contributed by atoms with E-state index in [0.717, 1.165) is 5.56 Å². The van der Waals surface area contributed by atoms with E-state index in [0.29, 0.717) is 18.4 Å². The summed E-state index contributed by atoms with van der Waals surface area (Å²) in [5, 5.41) is 12.3. The van der Waals surface area contributed by atoms with Crippen LogP contribution < -0.4 is 5.32 Å². The molecule has 2 aromatic carbocycles. The Morgan fingerprint density at radius 1 is 1.00 bits per heavy atom. The van der Waals surface area contributed by atoms with Crippen LogP contribution in [-0.4, -0.2) is 23.5 Å². The molecule has 2 aromatic rings. The average molecular weight is 311 g/mol. The Morgan fingerprint density at radius 2 is 1.57 bits per heavy atom. The van der Waals surface area contributed by atoms with Crippen LogP contribution in [0, 0.1) is 0 Å². The van der Waals surface area contributed by atoms with Gasteiger partial charge in [0.1, 0.15) is 5.41 Å². The first kappa shape index (κ1) is 16.7. The van der Waals surface area contributed by atoms with Crippen molar-refractivity contribution in [1.82, 2.24) is 5.32 Å². The van der Waals surface area contributed by atoms with Crippen LogP contribution in [0.4, 0.5) is 0 Å². The molecule has 0 radical (unpaired) electrons. The molecule has 1 atom stereocenters. The van der Waals surface area contributed by atoms with Gasteiger partial charge in [0.2, 0.25) is 5.91 Å². The van der Waals surface area contributed by atoms with E-state index in [-0.39, 0.29) is 12.5 Å².